The number of hydrogen-bond donors (Lipinski definition) is 1. The summed E-state index contributed by atoms with van der Waals surface area (Å²) in [5.74, 6) is -1.07. The number of carbonyl (C=O) groups is 2. The molecule has 0 bridgehead atoms. The quantitative estimate of drug-likeness (QED) is 0.510. The van der Waals surface area contributed by atoms with Crippen molar-refractivity contribution in [1.82, 2.24) is 4.57 Å². The van der Waals surface area contributed by atoms with Crippen LogP contribution in [0.3, 0.4) is 0 Å². The number of nitriles is 1. The van der Waals surface area contributed by atoms with Gasteiger partial charge < -0.3 is 5.11 Å². The van der Waals surface area contributed by atoms with Gasteiger partial charge in [-0.2, -0.15) is 5.26 Å². The van der Waals surface area contributed by atoms with Gasteiger partial charge in [-0.15, -0.1) is 10.2 Å². The van der Waals surface area contributed by atoms with Crippen molar-refractivity contribution in [3.05, 3.63) is 86.2 Å². The van der Waals surface area contributed by atoms with E-state index in [-0.39, 0.29) is 57.3 Å². The predicted molar refractivity (Wildman–Crippen MR) is 111 cm³/mol. The van der Waals surface area contributed by atoms with E-state index >= 15 is 0 Å². The predicted octanol–water partition coefficient (Wildman–Crippen LogP) is 3.94. The van der Waals surface area contributed by atoms with Crippen molar-refractivity contribution in [3.8, 4) is 11.9 Å². The highest BCUT2D eigenvalue weighted by molar-refractivity contribution is 6.29. The van der Waals surface area contributed by atoms with E-state index in [0.29, 0.717) is 5.56 Å². The Labute approximate surface area is 176 Å². The van der Waals surface area contributed by atoms with E-state index in [1.807, 2.05) is 6.07 Å². The van der Waals surface area contributed by atoms with Gasteiger partial charge in [0.2, 0.25) is 5.88 Å². The molecule has 8 heteroatoms. The van der Waals surface area contributed by atoms with Crippen molar-refractivity contribution in [1.29, 1.82) is 5.26 Å². The van der Waals surface area contributed by atoms with Gasteiger partial charge in [-0.05, 0) is 19.9 Å². The number of hydrogen-bond acceptors (Lipinski definition) is 7. The molecule has 1 aromatic heterocycles. The Morgan fingerprint density at radius 2 is 1.61 bits per heavy atom. The highest BCUT2D eigenvalue weighted by Crippen LogP contribution is 2.34. The molecule has 31 heavy (non-hydrogen) atoms. The summed E-state index contributed by atoms with van der Waals surface area (Å²) in [6.07, 6.45) is 0. The Kier molecular flexibility index (Phi) is 4.79. The van der Waals surface area contributed by atoms with E-state index in [1.165, 1.54) is 13.0 Å². The second-order valence-electron chi connectivity index (χ2n) is 6.94. The first-order chi connectivity index (χ1) is 14.9. The molecule has 8 nitrogen and oxygen atoms in total. The van der Waals surface area contributed by atoms with Crippen LogP contribution in [0.25, 0.3) is 0 Å². The number of rotatable bonds is 3. The number of fused-ring (bicyclic) bond motifs is 2. The molecule has 1 N–H and O–H groups in total. The van der Waals surface area contributed by atoms with Gasteiger partial charge in [0.05, 0.1) is 11.3 Å². The normalized spacial score (nSPS) is 12.5. The van der Waals surface area contributed by atoms with Crippen LogP contribution in [-0.2, 0) is 6.54 Å². The molecule has 0 unspecified atom stereocenters. The van der Waals surface area contributed by atoms with Crippen LogP contribution in [-0.4, -0.2) is 21.2 Å². The summed E-state index contributed by atoms with van der Waals surface area (Å²) in [5.41, 5.74) is 0.438. The molecule has 0 radical (unpaired) electrons. The summed E-state index contributed by atoms with van der Waals surface area (Å²) < 4.78 is 1.02. The third-order valence-corrected chi connectivity index (χ3v) is 5.27. The van der Waals surface area contributed by atoms with Crippen molar-refractivity contribution in [2.24, 2.45) is 10.2 Å². The van der Waals surface area contributed by atoms with Gasteiger partial charge in [0.1, 0.15) is 11.6 Å². The monoisotopic (exact) mass is 412 g/mol. The Balaban J connectivity index is 1.89. The maximum Gasteiger partial charge on any atom is 0.281 e. The van der Waals surface area contributed by atoms with Crippen LogP contribution in [0.1, 0.15) is 49.9 Å². The topological polar surface area (TPSA) is 125 Å². The maximum absolute atomic E-state index is 13.1. The largest absolute Gasteiger partial charge is 0.493 e. The molecule has 2 aromatic carbocycles. The van der Waals surface area contributed by atoms with Gasteiger partial charge in [0.15, 0.2) is 17.3 Å². The fourth-order valence-electron chi connectivity index (χ4n) is 3.66. The average molecular weight is 412 g/mol. The Morgan fingerprint density at radius 3 is 2.26 bits per heavy atom. The molecule has 0 saturated heterocycles. The van der Waals surface area contributed by atoms with E-state index in [4.69, 9.17) is 0 Å². The number of carbonyl (C=O) groups excluding carboxylic acids is 2. The smallest absolute Gasteiger partial charge is 0.281 e. The molecular weight excluding hydrogens is 396 g/mol. The summed E-state index contributed by atoms with van der Waals surface area (Å²) in [6, 6.07) is 13.1. The lowest BCUT2D eigenvalue weighted by molar-refractivity contribution is 0.0979. The number of benzene rings is 2. The van der Waals surface area contributed by atoms with Crippen LogP contribution in [0, 0.1) is 18.3 Å². The van der Waals surface area contributed by atoms with Gasteiger partial charge in [-0.25, -0.2) is 0 Å². The lowest BCUT2D eigenvalue weighted by Gasteiger charge is -2.18. The summed E-state index contributed by atoms with van der Waals surface area (Å²) in [6.45, 7) is 3.26. The molecular formula is C23H16N4O4. The molecule has 1 heterocycles. The number of azo groups is 1. The minimum Gasteiger partial charge on any atom is -0.493 e. The van der Waals surface area contributed by atoms with Gasteiger partial charge in [0, 0.05) is 28.8 Å². The zero-order chi connectivity index (χ0) is 22.3. The zero-order valence-corrected chi connectivity index (χ0v) is 16.7. The fourth-order valence-corrected chi connectivity index (χ4v) is 3.66. The van der Waals surface area contributed by atoms with Crippen molar-refractivity contribution < 1.29 is 14.7 Å². The summed E-state index contributed by atoms with van der Waals surface area (Å²) >= 11 is 0. The fraction of sp³-hybridized carbons (Fsp3) is 0.130. The Morgan fingerprint density at radius 1 is 0.968 bits per heavy atom. The van der Waals surface area contributed by atoms with E-state index in [9.17, 15) is 24.8 Å². The van der Waals surface area contributed by atoms with Crippen molar-refractivity contribution in [2.75, 3.05) is 0 Å². The molecule has 4 rings (SSSR count). The van der Waals surface area contributed by atoms with Crippen LogP contribution in [0.2, 0.25) is 0 Å². The molecule has 0 amide bonds. The molecule has 152 valence electrons. The zero-order valence-electron chi connectivity index (χ0n) is 16.7. The number of nitrogens with zero attached hydrogens (tertiary/aromatic N) is 4. The standard InChI is InChI=1S/C23H16N4O4/c1-3-27-22(30)16(11-24)12(2)19(23(27)31)26-25-17-10-6-9-15-18(17)21(29)14-8-5-4-7-13(14)20(15)28/h4-10,30H,3H2,1-2H3. The Hall–Kier alpha value is -4.38. The van der Waals surface area contributed by atoms with Gasteiger partial charge in [-0.3, -0.25) is 19.0 Å². The highest BCUT2D eigenvalue weighted by atomic mass is 16.3. The lowest BCUT2D eigenvalue weighted by atomic mass is 9.83. The van der Waals surface area contributed by atoms with Crippen molar-refractivity contribution in [2.45, 2.75) is 20.4 Å². The number of ketones is 2. The maximum atomic E-state index is 13.1. The summed E-state index contributed by atoms with van der Waals surface area (Å²) in [5, 5.41) is 27.6. The van der Waals surface area contributed by atoms with Gasteiger partial charge in [0.25, 0.3) is 5.56 Å². The van der Waals surface area contributed by atoms with E-state index < -0.39 is 11.4 Å². The first kappa shape index (κ1) is 19.9. The van der Waals surface area contributed by atoms with Crippen LogP contribution in [0.4, 0.5) is 11.4 Å². The van der Waals surface area contributed by atoms with E-state index in [2.05, 4.69) is 10.2 Å². The molecule has 3 aromatic rings. The molecule has 1 aliphatic rings. The first-order valence-corrected chi connectivity index (χ1v) is 9.50. The molecule has 0 aliphatic heterocycles. The summed E-state index contributed by atoms with van der Waals surface area (Å²) in [4.78, 5) is 38.6. The van der Waals surface area contributed by atoms with Crippen molar-refractivity contribution in [3.63, 3.8) is 0 Å². The lowest BCUT2D eigenvalue weighted by Crippen LogP contribution is -2.21. The van der Waals surface area contributed by atoms with Crippen LogP contribution < -0.4 is 5.56 Å². The van der Waals surface area contributed by atoms with E-state index in [1.54, 1.807) is 43.3 Å². The number of pyridine rings is 1. The Bertz CT molecular complexity index is 1410. The second kappa shape index (κ2) is 7.46. The molecule has 0 saturated carbocycles. The third kappa shape index (κ3) is 2.95. The van der Waals surface area contributed by atoms with Gasteiger partial charge in [-0.1, -0.05) is 36.4 Å². The molecule has 1 aliphatic carbocycles. The van der Waals surface area contributed by atoms with Crippen LogP contribution in [0.5, 0.6) is 5.88 Å². The minimum absolute atomic E-state index is 0.0781. The average Bonchev–Trinajstić information content (AvgIpc) is 2.78. The van der Waals surface area contributed by atoms with Crippen LogP contribution in [0.15, 0.2) is 57.5 Å². The van der Waals surface area contributed by atoms with Gasteiger partial charge >= 0.3 is 0 Å². The minimum atomic E-state index is -0.613. The van der Waals surface area contributed by atoms with E-state index in [0.717, 1.165) is 4.57 Å². The number of aromatic nitrogens is 1. The van der Waals surface area contributed by atoms with Crippen molar-refractivity contribution >= 4 is 22.9 Å². The SMILES string of the molecule is CCn1c(O)c(C#N)c(C)c(N=Nc2cccc3c2C(=O)c2ccccc2C3=O)c1=O. The first-order valence-electron chi connectivity index (χ1n) is 9.50. The molecule has 0 spiro atoms. The highest BCUT2D eigenvalue weighted by Gasteiger charge is 2.31. The molecule has 0 atom stereocenters. The van der Waals surface area contributed by atoms with Crippen LogP contribution >= 0.6 is 0 Å². The summed E-state index contributed by atoms with van der Waals surface area (Å²) in [7, 11) is 0. The number of aromatic hydroxyl groups is 1. The second-order valence-corrected chi connectivity index (χ2v) is 6.94. The third-order valence-electron chi connectivity index (χ3n) is 5.27. The molecule has 0 fully saturated rings.